The number of aliphatic hydroxyl groups excluding tert-OH is 1. The van der Waals surface area contributed by atoms with Crippen LogP contribution in [0.4, 0.5) is 0 Å². The minimum Gasteiger partial charge on any atom is -0.497 e. The molecular weight excluding hydrogens is 354 g/mol. The molecule has 28 heavy (non-hydrogen) atoms. The molecule has 1 saturated heterocycles. The number of carbonyl (C=O) groups is 1. The summed E-state index contributed by atoms with van der Waals surface area (Å²) in [7, 11) is 1.66. The number of rotatable bonds is 6. The van der Waals surface area contributed by atoms with Crippen molar-refractivity contribution >= 4 is 5.91 Å². The molecule has 1 aliphatic carbocycles. The summed E-state index contributed by atoms with van der Waals surface area (Å²) >= 11 is 0. The third-order valence-corrected chi connectivity index (χ3v) is 6.38. The van der Waals surface area contributed by atoms with Crippen LogP contribution in [0.15, 0.2) is 43.0 Å². The van der Waals surface area contributed by atoms with Crippen LogP contribution >= 0.6 is 0 Å². The Kier molecular flexibility index (Phi) is 5.67. The zero-order valence-electron chi connectivity index (χ0n) is 16.4. The lowest BCUT2D eigenvalue weighted by Gasteiger charge is -2.35. The number of aliphatic hydroxyl groups is 1. The van der Waals surface area contributed by atoms with Crippen LogP contribution in [0.3, 0.4) is 0 Å². The van der Waals surface area contributed by atoms with E-state index in [0.29, 0.717) is 18.3 Å². The fourth-order valence-corrected chi connectivity index (χ4v) is 4.79. The van der Waals surface area contributed by atoms with Gasteiger partial charge in [0.2, 0.25) is 5.91 Å². The molecule has 150 valence electrons. The van der Waals surface area contributed by atoms with E-state index in [0.717, 1.165) is 44.5 Å². The summed E-state index contributed by atoms with van der Waals surface area (Å²) in [6.07, 6.45) is 9.12. The highest BCUT2D eigenvalue weighted by Crippen LogP contribution is 2.41. The lowest BCUT2D eigenvalue weighted by atomic mass is 9.77. The Morgan fingerprint density at radius 2 is 1.96 bits per heavy atom. The number of fused-ring (bicyclic) bond motifs is 1. The molecule has 4 atom stereocenters. The van der Waals surface area contributed by atoms with E-state index in [9.17, 15) is 9.90 Å². The number of aromatic nitrogens is 2. The van der Waals surface area contributed by atoms with Crippen LogP contribution in [0, 0.1) is 11.8 Å². The van der Waals surface area contributed by atoms with E-state index in [-0.39, 0.29) is 18.1 Å². The second kappa shape index (κ2) is 8.35. The molecule has 1 aromatic heterocycles. The van der Waals surface area contributed by atoms with Gasteiger partial charge in [0.25, 0.3) is 0 Å². The number of amides is 1. The molecule has 4 rings (SSSR count). The van der Waals surface area contributed by atoms with E-state index in [1.54, 1.807) is 19.6 Å². The van der Waals surface area contributed by atoms with Gasteiger partial charge in [-0.1, -0.05) is 12.1 Å². The summed E-state index contributed by atoms with van der Waals surface area (Å²) in [5.74, 6) is 1.99. The Bertz CT molecular complexity index is 775. The van der Waals surface area contributed by atoms with Crippen molar-refractivity contribution in [2.75, 3.05) is 20.2 Å². The van der Waals surface area contributed by atoms with Crippen LogP contribution in [0.25, 0.3) is 0 Å². The first-order valence-corrected chi connectivity index (χ1v) is 10.2. The Balaban J connectivity index is 1.27. The van der Waals surface area contributed by atoms with Gasteiger partial charge in [-0.3, -0.25) is 4.79 Å². The summed E-state index contributed by atoms with van der Waals surface area (Å²) in [5.41, 5.74) is 1.23. The quantitative estimate of drug-likeness (QED) is 0.833. The molecule has 0 radical (unpaired) electrons. The first kappa shape index (κ1) is 19.0. The van der Waals surface area contributed by atoms with Crippen LogP contribution < -0.4 is 4.74 Å². The van der Waals surface area contributed by atoms with E-state index >= 15 is 0 Å². The molecule has 1 N–H and O–H groups in total. The minimum absolute atomic E-state index is 0.0777. The first-order valence-electron chi connectivity index (χ1n) is 10.2. The van der Waals surface area contributed by atoms with Crippen molar-refractivity contribution in [3.8, 4) is 5.75 Å². The van der Waals surface area contributed by atoms with Gasteiger partial charge < -0.3 is 19.3 Å². The van der Waals surface area contributed by atoms with Gasteiger partial charge in [-0.15, -0.1) is 0 Å². The van der Waals surface area contributed by atoms with Crippen LogP contribution in [0.2, 0.25) is 0 Å². The first-order chi connectivity index (χ1) is 13.6. The standard InChI is InChI=1S/C22H29N3O3/c1-28-19-7-5-16(6-8-19)3-2-4-22(27)25-13-17-11-20(24-10-9-23-15-24)21(26)12-18(17)14-25/h5-10,15,17-18,20-21,26H,2-4,11-14H2,1H3/t17-,18+,20-,21-/m1/s1. The van der Waals surface area contributed by atoms with Crippen molar-refractivity contribution in [2.24, 2.45) is 11.8 Å². The molecule has 1 aromatic carbocycles. The third-order valence-electron chi connectivity index (χ3n) is 6.38. The number of benzene rings is 1. The maximum Gasteiger partial charge on any atom is 0.222 e. The van der Waals surface area contributed by atoms with Gasteiger partial charge in [-0.25, -0.2) is 4.98 Å². The number of carbonyl (C=O) groups excluding carboxylic acids is 1. The zero-order chi connectivity index (χ0) is 19.5. The monoisotopic (exact) mass is 383 g/mol. The summed E-state index contributed by atoms with van der Waals surface area (Å²) in [4.78, 5) is 18.8. The summed E-state index contributed by atoms with van der Waals surface area (Å²) in [6.45, 7) is 1.61. The average Bonchev–Trinajstić information content (AvgIpc) is 3.37. The molecule has 2 aromatic rings. The number of likely N-dealkylation sites (tertiary alicyclic amines) is 1. The Hall–Kier alpha value is -2.34. The number of ether oxygens (including phenoxy) is 1. The average molecular weight is 383 g/mol. The number of aryl methyl sites for hydroxylation is 1. The molecule has 6 heteroatoms. The second-order valence-electron chi connectivity index (χ2n) is 8.14. The maximum absolute atomic E-state index is 12.7. The normalized spacial score (nSPS) is 26.9. The van der Waals surface area contributed by atoms with Crippen LogP contribution in [-0.4, -0.2) is 51.8 Å². The Morgan fingerprint density at radius 3 is 2.64 bits per heavy atom. The largest absolute Gasteiger partial charge is 0.497 e. The van der Waals surface area contributed by atoms with Crippen molar-refractivity contribution < 1.29 is 14.6 Å². The number of methoxy groups -OCH3 is 1. The molecule has 0 spiro atoms. The third kappa shape index (κ3) is 4.07. The van der Waals surface area contributed by atoms with Gasteiger partial charge in [0.05, 0.1) is 25.6 Å². The van der Waals surface area contributed by atoms with Crippen molar-refractivity contribution in [1.82, 2.24) is 14.5 Å². The van der Waals surface area contributed by atoms with Gasteiger partial charge in [0.1, 0.15) is 5.75 Å². The molecule has 1 aliphatic heterocycles. The van der Waals surface area contributed by atoms with Gasteiger partial charge >= 0.3 is 0 Å². The Labute approximate surface area is 166 Å². The SMILES string of the molecule is COc1ccc(CCCC(=O)N2C[C@H]3C[C@@H](n4ccnc4)[C@H](O)C[C@H]3C2)cc1. The summed E-state index contributed by atoms with van der Waals surface area (Å²) in [6, 6.07) is 8.12. The molecule has 1 amide bonds. The fraction of sp³-hybridized carbons (Fsp3) is 0.545. The van der Waals surface area contributed by atoms with Crippen LogP contribution in [-0.2, 0) is 11.2 Å². The topological polar surface area (TPSA) is 67.6 Å². The summed E-state index contributed by atoms with van der Waals surface area (Å²) in [5, 5.41) is 10.6. The van der Waals surface area contributed by atoms with Gasteiger partial charge in [0.15, 0.2) is 0 Å². The van der Waals surface area contributed by atoms with Gasteiger partial charge in [-0.05, 0) is 55.2 Å². The second-order valence-corrected chi connectivity index (χ2v) is 8.14. The number of nitrogens with zero attached hydrogens (tertiary/aromatic N) is 3. The van der Waals surface area contributed by atoms with Crippen molar-refractivity contribution in [3.63, 3.8) is 0 Å². The van der Waals surface area contributed by atoms with Gasteiger partial charge in [0, 0.05) is 31.9 Å². The predicted molar refractivity (Wildman–Crippen MR) is 106 cm³/mol. The van der Waals surface area contributed by atoms with Gasteiger partial charge in [-0.2, -0.15) is 0 Å². The molecule has 6 nitrogen and oxygen atoms in total. The highest BCUT2D eigenvalue weighted by atomic mass is 16.5. The highest BCUT2D eigenvalue weighted by molar-refractivity contribution is 5.76. The van der Waals surface area contributed by atoms with Crippen LogP contribution in [0.1, 0.15) is 37.3 Å². The maximum atomic E-state index is 12.7. The summed E-state index contributed by atoms with van der Waals surface area (Å²) < 4.78 is 7.19. The molecular formula is C22H29N3O3. The number of hydrogen-bond acceptors (Lipinski definition) is 4. The van der Waals surface area contributed by atoms with E-state index in [4.69, 9.17) is 4.74 Å². The molecule has 1 saturated carbocycles. The van der Waals surface area contributed by atoms with Crippen molar-refractivity contribution in [2.45, 2.75) is 44.2 Å². The number of hydrogen-bond donors (Lipinski definition) is 1. The lowest BCUT2D eigenvalue weighted by Crippen LogP contribution is -2.35. The van der Waals surface area contributed by atoms with E-state index in [1.165, 1.54) is 5.56 Å². The Morgan fingerprint density at radius 1 is 1.21 bits per heavy atom. The molecule has 0 bridgehead atoms. The van der Waals surface area contributed by atoms with Crippen molar-refractivity contribution in [1.29, 1.82) is 0 Å². The van der Waals surface area contributed by atoms with Crippen LogP contribution in [0.5, 0.6) is 5.75 Å². The highest BCUT2D eigenvalue weighted by Gasteiger charge is 2.43. The number of imidazole rings is 1. The minimum atomic E-state index is -0.361. The zero-order valence-corrected chi connectivity index (χ0v) is 16.4. The van der Waals surface area contributed by atoms with E-state index in [2.05, 4.69) is 17.1 Å². The van der Waals surface area contributed by atoms with E-state index < -0.39 is 0 Å². The van der Waals surface area contributed by atoms with Crippen molar-refractivity contribution in [3.05, 3.63) is 48.5 Å². The molecule has 2 aliphatic rings. The molecule has 0 unspecified atom stereocenters. The fourth-order valence-electron chi connectivity index (χ4n) is 4.79. The molecule has 2 fully saturated rings. The molecule has 2 heterocycles. The predicted octanol–water partition coefficient (Wildman–Crippen LogP) is 2.69. The smallest absolute Gasteiger partial charge is 0.222 e. The lowest BCUT2D eigenvalue weighted by molar-refractivity contribution is -0.130. The van der Waals surface area contributed by atoms with E-state index in [1.807, 2.05) is 27.8 Å².